The highest BCUT2D eigenvalue weighted by Gasteiger charge is 2.27. The van der Waals surface area contributed by atoms with Crippen LogP contribution in [0, 0.1) is 0 Å². The monoisotopic (exact) mass is 375 g/mol. The topological polar surface area (TPSA) is 110 Å². The van der Waals surface area contributed by atoms with Crippen LogP contribution in [-0.4, -0.2) is 55.7 Å². The maximum atomic E-state index is 12.8. The van der Waals surface area contributed by atoms with Crippen LogP contribution in [-0.2, 0) is 30.3 Å². The van der Waals surface area contributed by atoms with Crippen LogP contribution in [0.1, 0.15) is 18.9 Å². The van der Waals surface area contributed by atoms with Gasteiger partial charge in [-0.25, -0.2) is 4.79 Å². The Labute approximate surface area is 157 Å². The fourth-order valence-electron chi connectivity index (χ4n) is 2.87. The molecule has 0 aliphatic carbocycles. The number of fused-ring (bicyclic) bond motifs is 1. The largest absolute Gasteiger partial charge is 0.467 e. The molecular weight excluding hydrogens is 350 g/mol. The third kappa shape index (κ3) is 5.55. The lowest BCUT2D eigenvalue weighted by Crippen LogP contribution is -2.52. The van der Waals surface area contributed by atoms with Gasteiger partial charge in [-0.15, -0.1) is 0 Å². The first kappa shape index (κ1) is 20.4. The van der Waals surface area contributed by atoms with Crippen molar-refractivity contribution >= 4 is 28.7 Å². The van der Waals surface area contributed by atoms with Crippen LogP contribution in [0.4, 0.5) is 0 Å². The van der Waals surface area contributed by atoms with Crippen LogP contribution >= 0.6 is 0 Å². The first-order valence-corrected chi connectivity index (χ1v) is 8.65. The van der Waals surface area contributed by atoms with Crippen molar-refractivity contribution < 1.29 is 23.9 Å². The number of H-pyrrole nitrogens is 1. The Balaban J connectivity index is 2.17. The first-order valence-electron chi connectivity index (χ1n) is 8.65. The molecule has 0 saturated heterocycles. The van der Waals surface area contributed by atoms with Crippen molar-refractivity contribution in [2.45, 2.75) is 31.8 Å². The molecular formula is C19H25N3O5. The van der Waals surface area contributed by atoms with E-state index in [0.29, 0.717) is 0 Å². The number of methoxy groups -OCH3 is 2. The number of carbonyl (C=O) groups excluding carboxylic acids is 3. The molecule has 27 heavy (non-hydrogen) atoms. The lowest BCUT2D eigenvalue weighted by molar-refractivity contribution is -0.145. The number of benzene rings is 1. The van der Waals surface area contributed by atoms with E-state index in [2.05, 4.69) is 15.6 Å². The highest BCUT2D eigenvalue weighted by molar-refractivity contribution is 5.91. The zero-order valence-electron chi connectivity index (χ0n) is 15.7. The van der Waals surface area contributed by atoms with Crippen molar-refractivity contribution in [1.82, 2.24) is 15.6 Å². The molecule has 2 aromatic rings. The summed E-state index contributed by atoms with van der Waals surface area (Å²) >= 11 is 0. The van der Waals surface area contributed by atoms with Crippen LogP contribution in [0.2, 0.25) is 0 Å². The van der Waals surface area contributed by atoms with Crippen molar-refractivity contribution in [3.63, 3.8) is 0 Å². The number of esters is 1. The Bertz CT molecular complexity index is 801. The zero-order valence-corrected chi connectivity index (χ0v) is 15.7. The van der Waals surface area contributed by atoms with Crippen LogP contribution in [0.5, 0.6) is 0 Å². The second kappa shape index (κ2) is 9.72. The summed E-state index contributed by atoms with van der Waals surface area (Å²) in [5, 5.41) is 6.28. The molecule has 0 spiro atoms. The number of amides is 2. The summed E-state index contributed by atoms with van der Waals surface area (Å²) in [6.45, 7) is 1.63. The second-order valence-corrected chi connectivity index (χ2v) is 6.18. The van der Waals surface area contributed by atoms with Gasteiger partial charge in [0.25, 0.3) is 0 Å². The van der Waals surface area contributed by atoms with E-state index in [1.54, 1.807) is 0 Å². The lowest BCUT2D eigenvalue weighted by atomic mass is 10.0. The summed E-state index contributed by atoms with van der Waals surface area (Å²) < 4.78 is 9.71. The Hall–Kier alpha value is -2.87. The third-order valence-electron chi connectivity index (χ3n) is 4.21. The summed E-state index contributed by atoms with van der Waals surface area (Å²) in [6, 6.07) is 6.03. The minimum atomic E-state index is -0.846. The van der Waals surface area contributed by atoms with Gasteiger partial charge in [-0.05, 0) is 11.6 Å². The molecule has 0 aliphatic rings. The van der Waals surface area contributed by atoms with Gasteiger partial charge in [-0.1, -0.05) is 18.2 Å². The highest BCUT2D eigenvalue weighted by Crippen LogP contribution is 2.19. The molecule has 146 valence electrons. The number of hydrogen-bond donors (Lipinski definition) is 3. The van der Waals surface area contributed by atoms with E-state index in [4.69, 9.17) is 9.47 Å². The quantitative estimate of drug-likeness (QED) is 0.565. The molecule has 1 aromatic heterocycles. The standard InChI is InChI=1S/C19H25N3O5/c1-12(23)21-17(10-13-11-20-15-7-5-4-6-14(13)15)18(24)22-16(8-9-26-2)19(25)27-3/h4-7,11,16-17,20H,8-10H2,1-3H3,(H,21,23)(H,22,24). The minimum absolute atomic E-state index is 0.273. The molecule has 2 amide bonds. The molecule has 0 aliphatic heterocycles. The number of ether oxygens (including phenoxy) is 2. The van der Waals surface area contributed by atoms with Crippen molar-refractivity contribution in [2.75, 3.05) is 20.8 Å². The maximum absolute atomic E-state index is 12.8. The van der Waals surface area contributed by atoms with Crippen LogP contribution in [0.25, 0.3) is 10.9 Å². The first-order chi connectivity index (χ1) is 13.0. The summed E-state index contributed by atoms with van der Waals surface area (Å²) in [4.78, 5) is 39.4. The number of para-hydroxylation sites is 1. The SMILES string of the molecule is COCCC(NC(=O)C(Cc1c[nH]c2ccccc12)NC(C)=O)C(=O)OC. The number of aromatic amines is 1. The van der Waals surface area contributed by atoms with E-state index < -0.39 is 24.0 Å². The number of hydrogen-bond acceptors (Lipinski definition) is 5. The van der Waals surface area contributed by atoms with Crippen LogP contribution in [0.15, 0.2) is 30.5 Å². The normalized spacial score (nSPS) is 13.0. The van der Waals surface area contributed by atoms with E-state index in [1.165, 1.54) is 21.1 Å². The van der Waals surface area contributed by atoms with E-state index in [0.717, 1.165) is 16.5 Å². The van der Waals surface area contributed by atoms with Crippen LogP contribution < -0.4 is 10.6 Å². The Morgan fingerprint density at radius 1 is 1.11 bits per heavy atom. The number of rotatable bonds is 9. The Morgan fingerprint density at radius 2 is 1.85 bits per heavy atom. The van der Waals surface area contributed by atoms with E-state index >= 15 is 0 Å². The molecule has 3 N–H and O–H groups in total. The molecule has 2 atom stereocenters. The number of nitrogens with one attached hydrogen (secondary N) is 3. The lowest BCUT2D eigenvalue weighted by Gasteiger charge is -2.21. The van der Waals surface area contributed by atoms with E-state index in [9.17, 15) is 14.4 Å². The smallest absolute Gasteiger partial charge is 0.328 e. The fraction of sp³-hybridized carbons (Fsp3) is 0.421. The summed E-state index contributed by atoms with van der Waals surface area (Å²) in [5.74, 6) is -1.35. The molecule has 2 rings (SSSR count). The van der Waals surface area contributed by atoms with Gasteiger partial charge in [0.05, 0.1) is 7.11 Å². The third-order valence-corrected chi connectivity index (χ3v) is 4.21. The van der Waals surface area contributed by atoms with E-state index in [1.807, 2.05) is 30.5 Å². The molecule has 0 bridgehead atoms. The van der Waals surface area contributed by atoms with Gasteiger partial charge >= 0.3 is 5.97 Å². The van der Waals surface area contributed by atoms with Gasteiger partial charge in [-0.3, -0.25) is 9.59 Å². The average Bonchev–Trinajstić information content (AvgIpc) is 3.06. The van der Waals surface area contributed by atoms with E-state index in [-0.39, 0.29) is 25.4 Å². The molecule has 8 nitrogen and oxygen atoms in total. The number of carbonyl (C=O) groups is 3. The molecule has 0 radical (unpaired) electrons. The van der Waals surface area contributed by atoms with Gasteiger partial charge in [0.1, 0.15) is 12.1 Å². The molecule has 2 unspecified atom stereocenters. The van der Waals surface area contributed by atoms with Gasteiger partial charge < -0.3 is 25.1 Å². The van der Waals surface area contributed by atoms with Gasteiger partial charge in [-0.2, -0.15) is 0 Å². The average molecular weight is 375 g/mol. The zero-order chi connectivity index (χ0) is 19.8. The summed E-state index contributed by atoms with van der Waals surface area (Å²) in [5.41, 5.74) is 1.84. The van der Waals surface area contributed by atoms with Crippen molar-refractivity contribution in [2.24, 2.45) is 0 Å². The Morgan fingerprint density at radius 3 is 2.52 bits per heavy atom. The molecule has 0 fully saturated rings. The molecule has 0 saturated carbocycles. The van der Waals surface area contributed by atoms with Crippen molar-refractivity contribution in [3.05, 3.63) is 36.0 Å². The van der Waals surface area contributed by atoms with Gasteiger partial charge in [0.15, 0.2) is 0 Å². The highest BCUT2D eigenvalue weighted by atomic mass is 16.5. The predicted octanol–water partition coefficient (Wildman–Crippen LogP) is 0.909. The van der Waals surface area contributed by atoms with Crippen molar-refractivity contribution in [1.29, 1.82) is 0 Å². The molecule has 1 heterocycles. The minimum Gasteiger partial charge on any atom is -0.467 e. The fourth-order valence-corrected chi connectivity index (χ4v) is 2.87. The van der Waals surface area contributed by atoms with Gasteiger partial charge in [0.2, 0.25) is 11.8 Å². The molecule has 8 heteroatoms. The van der Waals surface area contributed by atoms with Crippen molar-refractivity contribution in [3.8, 4) is 0 Å². The Kier molecular flexibility index (Phi) is 7.36. The summed E-state index contributed by atoms with van der Waals surface area (Å²) in [7, 11) is 2.76. The summed E-state index contributed by atoms with van der Waals surface area (Å²) in [6.07, 6.45) is 2.37. The second-order valence-electron chi connectivity index (χ2n) is 6.18. The maximum Gasteiger partial charge on any atom is 0.328 e. The van der Waals surface area contributed by atoms with Crippen LogP contribution in [0.3, 0.4) is 0 Å². The predicted molar refractivity (Wildman–Crippen MR) is 100 cm³/mol. The van der Waals surface area contributed by atoms with Gasteiger partial charge in [0, 0.05) is 50.6 Å². The molecule has 1 aromatic carbocycles. The number of aromatic nitrogens is 1.